The number of halogens is 1. The minimum absolute atomic E-state index is 0.107. The topological polar surface area (TPSA) is 52.6 Å². The molecule has 5 heteroatoms. The van der Waals surface area contributed by atoms with E-state index in [1.807, 2.05) is 49.4 Å². The Morgan fingerprint density at radius 2 is 2.08 bits per heavy atom. The second-order valence-corrected chi connectivity index (χ2v) is 6.69. The number of carbonyl (C=O) groups is 1. The predicted octanol–water partition coefficient (Wildman–Crippen LogP) is 4.16. The molecule has 0 radical (unpaired) electrons. The van der Waals surface area contributed by atoms with Gasteiger partial charge in [-0.25, -0.2) is 4.79 Å². The summed E-state index contributed by atoms with van der Waals surface area (Å²) in [6, 6.07) is 13.5. The molecule has 1 aliphatic heterocycles. The number of carbonyl (C=O) groups excluding carboxylic acids is 1. The molecule has 126 valence electrons. The number of aliphatic hydroxyl groups excluding tert-OH is 1. The molecule has 2 aromatic rings. The molecule has 1 atom stereocenters. The van der Waals surface area contributed by atoms with E-state index in [-0.39, 0.29) is 18.6 Å². The molecule has 24 heavy (non-hydrogen) atoms. The van der Waals surface area contributed by atoms with Crippen LogP contribution >= 0.6 is 11.6 Å². The Balaban J connectivity index is 1.72. The van der Waals surface area contributed by atoms with E-state index in [0.717, 1.165) is 28.8 Å². The highest BCUT2D eigenvalue weighted by molar-refractivity contribution is 6.30. The molecule has 4 nitrogen and oxygen atoms in total. The molecule has 1 unspecified atom stereocenters. The largest absolute Gasteiger partial charge is 0.396 e. The van der Waals surface area contributed by atoms with Crippen LogP contribution in [-0.4, -0.2) is 35.7 Å². The van der Waals surface area contributed by atoms with Crippen molar-refractivity contribution in [2.24, 2.45) is 5.92 Å². The Hall–Kier alpha value is -2.04. The summed E-state index contributed by atoms with van der Waals surface area (Å²) in [4.78, 5) is 14.1. The highest BCUT2D eigenvalue weighted by atomic mass is 35.5. The first-order chi connectivity index (χ1) is 11.6. The van der Waals surface area contributed by atoms with Gasteiger partial charge in [0.25, 0.3) is 0 Å². The molecule has 2 aromatic carbocycles. The summed E-state index contributed by atoms with van der Waals surface area (Å²) in [5, 5.41) is 12.9. The normalized spacial score (nSPS) is 17.1. The number of benzene rings is 2. The number of nitrogens with zero attached hydrogens (tertiary/aromatic N) is 1. The van der Waals surface area contributed by atoms with E-state index < -0.39 is 0 Å². The summed E-state index contributed by atoms with van der Waals surface area (Å²) in [7, 11) is 0. The van der Waals surface area contributed by atoms with Crippen LogP contribution in [0.5, 0.6) is 0 Å². The summed E-state index contributed by atoms with van der Waals surface area (Å²) in [6.45, 7) is 3.42. The maximum atomic E-state index is 12.3. The van der Waals surface area contributed by atoms with E-state index in [1.54, 1.807) is 4.90 Å². The predicted molar refractivity (Wildman–Crippen MR) is 97.4 cm³/mol. The van der Waals surface area contributed by atoms with Gasteiger partial charge in [0.1, 0.15) is 0 Å². The molecule has 1 aliphatic rings. The lowest BCUT2D eigenvalue weighted by molar-refractivity contribution is 0.208. The van der Waals surface area contributed by atoms with Gasteiger partial charge in [0.2, 0.25) is 0 Å². The first-order valence-corrected chi connectivity index (χ1v) is 8.48. The Labute approximate surface area is 147 Å². The van der Waals surface area contributed by atoms with Gasteiger partial charge in [0.15, 0.2) is 0 Å². The molecule has 1 saturated heterocycles. The van der Waals surface area contributed by atoms with Gasteiger partial charge in [-0.05, 0) is 54.3 Å². The lowest BCUT2D eigenvalue weighted by Gasteiger charge is -2.18. The monoisotopic (exact) mass is 344 g/mol. The van der Waals surface area contributed by atoms with Crippen LogP contribution in [0.2, 0.25) is 5.02 Å². The van der Waals surface area contributed by atoms with E-state index in [1.165, 1.54) is 0 Å². The molecule has 3 rings (SSSR count). The summed E-state index contributed by atoms with van der Waals surface area (Å²) in [5.41, 5.74) is 3.92. The third kappa shape index (κ3) is 3.71. The molecular formula is C19H21ClN2O2. The number of likely N-dealkylation sites (tertiary alicyclic amines) is 1. The van der Waals surface area contributed by atoms with E-state index in [0.29, 0.717) is 18.1 Å². The number of urea groups is 1. The highest BCUT2D eigenvalue weighted by Crippen LogP contribution is 2.27. The van der Waals surface area contributed by atoms with Gasteiger partial charge in [-0.1, -0.05) is 29.8 Å². The zero-order valence-electron chi connectivity index (χ0n) is 13.6. The molecule has 1 heterocycles. The fourth-order valence-corrected chi connectivity index (χ4v) is 3.20. The van der Waals surface area contributed by atoms with Crippen LogP contribution in [-0.2, 0) is 0 Å². The second-order valence-electron chi connectivity index (χ2n) is 6.25. The number of aliphatic hydroxyl groups is 1. The van der Waals surface area contributed by atoms with Crippen molar-refractivity contribution in [2.75, 3.05) is 25.0 Å². The lowest BCUT2D eigenvalue weighted by atomic mass is 10.0. The number of aryl methyl sites for hydroxylation is 1. The Morgan fingerprint density at radius 1 is 1.29 bits per heavy atom. The van der Waals surface area contributed by atoms with Crippen LogP contribution in [0.3, 0.4) is 0 Å². The fraction of sp³-hybridized carbons (Fsp3) is 0.316. The number of amides is 2. The quantitative estimate of drug-likeness (QED) is 0.878. The lowest BCUT2D eigenvalue weighted by Crippen LogP contribution is -2.33. The van der Waals surface area contributed by atoms with E-state index >= 15 is 0 Å². The molecule has 0 aliphatic carbocycles. The maximum absolute atomic E-state index is 12.3. The van der Waals surface area contributed by atoms with Crippen molar-refractivity contribution in [3.8, 4) is 11.1 Å². The highest BCUT2D eigenvalue weighted by Gasteiger charge is 2.25. The Morgan fingerprint density at radius 3 is 2.75 bits per heavy atom. The van der Waals surface area contributed by atoms with Crippen LogP contribution in [0, 0.1) is 12.8 Å². The van der Waals surface area contributed by atoms with Gasteiger partial charge in [0, 0.05) is 36.3 Å². The molecule has 0 saturated carbocycles. The summed E-state index contributed by atoms with van der Waals surface area (Å²) < 4.78 is 0. The molecular weight excluding hydrogens is 324 g/mol. The molecule has 1 fully saturated rings. The van der Waals surface area contributed by atoms with E-state index in [2.05, 4.69) is 5.32 Å². The third-order valence-electron chi connectivity index (χ3n) is 4.46. The van der Waals surface area contributed by atoms with Gasteiger partial charge in [0.05, 0.1) is 0 Å². The van der Waals surface area contributed by atoms with Gasteiger partial charge >= 0.3 is 6.03 Å². The minimum Gasteiger partial charge on any atom is -0.396 e. The number of rotatable bonds is 3. The van der Waals surface area contributed by atoms with E-state index in [9.17, 15) is 9.90 Å². The van der Waals surface area contributed by atoms with Crippen molar-refractivity contribution in [1.29, 1.82) is 0 Å². The number of hydrogen-bond donors (Lipinski definition) is 2. The third-order valence-corrected chi connectivity index (χ3v) is 4.69. The van der Waals surface area contributed by atoms with Gasteiger partial charge < -0.3 is 15.3 Å². The smallest absolute Gasteiger partial charge is 0.321 e. The average Bonchev–Trinajstić information content (AvgIpc) is 3.06. The molecule has 0 bridgehead atoms. The van der Waals surface area contributed by atoms with Crippen molar-refractivity contribution in [1.82, 2.24) is 4.90 Å². The maximum Gasteiger partial charge on any atom is 0.321 e. The van der Waals surface area contributed by atoms with Crippen molar-refractivity contribution in [2.45, 2.75) is 13.3 Å². The molecule has 2 N–H and O–H groups in total. The number of anilines is 1. The number of nitrogens with one attached hydrogen (secondary N) is 1. The SMILES string of the molecule is Cc1cc(-c2cccc(Cl)c2)ccc1NC(=O)N1CCC(CO)C1. The van der Waals surface area contributed by atoms with Crippen molar-refractivity contribution in [3.63, 3.8) is 0 Å². The molecule has 0 spiro atoms. The summed E-state index contributed by atoms with van der Waals surface area (Å²) in [5.74, 6) is 0.196. The summed E-state index contributed by atoms with van der Waals surface area (Å²) >= 11 is 6.05. The minimum atomic E-state index is -0.107. The second kappa shape index (κ2) is 7.24. The standard InChI is InChI=1S/C19H21ClN2O2/c1-13-9-16(15-3-2-4-17(20)10-15)5-6-18(13)21-19(24)22-8-7-14(11-22)12-23/h2-6,9-10,14,23H,7-8,11-12H2,1H3,(H,21,24). The first kappa shape index (κ1) is 16.8. The Bertz CT molecular complexity index is 748. The fourth-order valence-electron chi connectivity index (χ4n) is 3.01. The van der Waals surface area contributed by atoms with Crippen LogP contribution in [0.4, 0.5) is 10.5 Å². The van der Waals surface area contributed by atoms with Crippen molar-refractivity contribution < 1.29 is 9.90 Å². The summed E-state index contributed by atoms with van der Waals surface area (Å²) in [6.07, 6.45) is 0.858. The Kier molecular flexibility index (Phi) is 5.07. The van der Waals surface area contributed by atoms with Crippen LogP contribution < -0.4 is 5.32 Å². The van der Waals surface area contributed by atoms with Gasteiger partial charge in [-0.3, -0.25) is 0 Å². The molecule has 0 aromatic heterocycles. The number of hydrogen-bond acceptors (Lipinski definition) is 2. The van der Waals surface area contributed by atoms with Crippen molar-refractivity contribution in [3.05, 3.63) is 53.1 Å². The van der Waals surface area contributed by atoms with Crippen molar-refractivity contribution >= 4 is 23.3 Å². The van der Waals surface area contributed by atoms with Crippen LogP contribution in [0.15, 0.2) is 42.5 Å². The van der Waals surface area contributed by atoms with E-state index in [4.69, 9.17) is 11.6 Å². The average molecular weight is 345 g/mol. The molecule has 2 amide bonds. The first-order valence-electron chi connectivity index (χ1n) is 8.10. The van der Waals surface area contributed by atoms with Crippen LogP contribution in [0.25, 0.3) is 11.1 Å². The van der Waals surface area contributed by atoms with Crippen LogP contribution in [0.1, 0.15) is 12.0 Å². The van der Waals surface area contributed by atoms with Gasteiger partial charge in [-0.2, -0.15) is 0 Å². The zero-order chi connectivity index (χ0) is 17.1. The van der Waals surface area contributed by atoms with Gasteiger partial charge in [-0.15, -0.1) is 0 Å². The zero-order valence-corrected chi connectivity index (χ0v) is 14.4.